The standard InChI is InChI=1S/C16H14N4S2/c1-9-3-5-11(15-13(9)17-21-19-15)7-8-12-6-4-10(2)14-16(12)20-22-18-14/h3-6H,7-8H2,1-2H3. The second-order valence-corrected chi connectivity index (χ2v) is 6.56. The number of hydrogen-bond donors (Lipinski definition) is 0. The van der Waals surface area contributed by atoms with Crippen molar-refractivity contribution in [2.24, 2.45) is 0 Å². The van der Waals surface area contributed by atoms with Crippen molar-refractivity contribution in [3.8, 4) is 0 Å². The molecule has 0 radical (unpaired) electrons. The fourth-order valence-electron chi connectivity index (χ4n) is 2.76. The van der Waals surface area contributed by atoms with Crippen molar-refractivity contribution in [3.63, 3.8) is 0 Å². The molecule has 4 rings (SSSR count). The monoisotopic (exact) mass is 326 g/mol. The van der Waals surface area contributed by atoms with Crippen molar-refractivity contribution in [3.05, 3.63) is 46.5 Å². The summed E-state index contributed by atoms with van der Waals surface area (Å²) < 4.78 is 17.7. The van der Waals surface area contributed by atoms with Gasteiger partial charge < -0.3 is 0 Å². The summed E-state index contributed by atoms with van der Waals surface area (Å²) in [5.74, 6) is 0. The van der Waals surface area contributed by atoms with E-state index in [9.17, 15) is 0 Å². The largest absolute Gasteiger partial charge is 0.173 e. The average Bonchev–Trinajstić information content (AvgIpc) is 3.18. The predicted molar refractivity (Wildman–Crippen MR) is 91.7 cm³/mol. The Morgan fingerprint density at radius 3 is 1.50 bits per heavy atom. The van der Waals surface area contributed by atoms with Crippen LogP contribution >= 0.6 is 23.5 Å². The smallest absolute Gasteiger partial charge is 0.108 e. The van der Waals surface area contributed by atoms with Gasteiger partial charge in [-0.05, 0) is 48.9 Å². The van der Waals surface area contributed by atoms with Crippen LogP contribution in [0.4, 0.5) is 0 Å². The van der Waals surface area contributed by atoms with E-state index >= 15 is 0 Å². The molecule has 6 heteroatoms. The van der Waals surface area contributed by atoms with Crippen LogP contribution in [0.2, 0.25) is 0 Å². The van der Waals surface area contributed by atoms with E-state index in [1.54, 1.807) is 0 Å². The second kappa shape index (κ2) is 5.37. The lowest BCUT2D eigenvalue weighted by molar-refractivity contribution is 0.972. The molecule has 2 aromatic carbocycles. The maximum absolute atomic E-state index is 4.46. The highest BCUT2D eigenvalue weighted by atomic mass is 32.1. The number of fused-ring (bicyclic) bond motifs is 2. The van der Waals surface area contributed by atoms with E-state index in [-0.39, 0.29) is 0 Å². The van der Waals surface area contributed by atoms with E-state index in [4.69, 9.17) is 0 Å². The fraction of sp³-hybridized carbons (Fsp3) is 0.250. The molecule has 0 bridgehead atoms. The molecule has 2 heterocycles. The number of rotatable bonds is 3. The van der Waals surface area contributed by atoms with Crippen LogP contribution in [0.3, 0.4) is 0 Å². The van der Waals surface area contributed by atoms with Crippen molar-refractivity contribution in [1.29, 1.82) is 0 Å². The molecule has 0 saturated heterocycles. The molecule has 0 N–H and O–H groups in total. The number of benzene rings is 2. The Labute approximate surface area is 136 Å². The first-order chi connectivity index (χ1) is 10.7. The van der Waals surface area contributed by atoms with Gasteiger partial charge in [0, 0.05) is 0 Å². The minimum absolute atomic E-state index is 0.942. The minimum Gasteiger partial charge on any atom is -0.173 e. The molecule has 0 aliphatic carbocycles. The van der Waals surface area contributed by atoms with E-state index in [1.165, 1.54) is 45.7 Å². The van der Waals surface area contributed by atoms with Crippen LogP contribution in [0.25, 0.3) is 22.1 Å². The van der Waals surface area contributed by atoms with E-state index in [1.807, 2.05) is 0 Å². The summed E-state index contributed by atoms with van der Waals surface area (Å²) in [5.41, 5.74) is 9.05. The van der Waals surface area contributed by atoms with Crippen molar-refractivity contribution >= 4 is 45.5 Å². The van der Waals surface area contributed by atoms with Crippen LogP contribution in [0, 0.1) is 13.8 Å². The van der Waals surface area contributed by atoms with E-state index < -0.39 is 0 Å². The molecule has 0 atom stereocenters. The van der Waals surface area contributed by atoms with Gasteiger partial charge in [0.05, 0.1) is 23.5 Å². The zero-order chi connectivity index (χ0) is 15.1. The molecule has 0 fully saturated rings. The summed E-state index contributed by atoms with van der Waals surface area (Å²) in [6, 6.07) is 8.61. The summed E-state index contributed by atoms with van der Waals surface area (Å²) in [6.45, 7) is 4.16. The third kappa shape index (κ3) is 2.19. The minimum atomic E-state index is 0.942. The Kier molecular flexibility index (Phi) is 3.35. The number of nitrogens with zero attached hydrogens (tertiary/aromatic N) is 4. The molecule has 0 aliphatic heterocycles. The summed E-state index contributed by atoms with van der Waals surface area (Å²) in [5, 5.41) is 0. The van der Waals surface area contributed by atoms with Gasteiger partial charge in [-0.3, -0.25) is 0 Å². The van der Waals surface area contributed by atoms with Gasteiger partial charge in [-0.2, -0.15) is 17.5 Å². The first-order valence-electron chi connectivity index (χ1n) is 7.15. The van der Waals surface area contributed by atoms with Gasteiger partial charge in [-0.1, -0.05) is 24.3 Å². The maximum Gasteiger partial charge on any atom is 0.108 e. The van der Waals surface area contributed by atoms with Gasteiger partial charge >= 0.3 is 0 Å². The van der Waals surface area contributed by atoms with Crippen molar-refractivity contribution < 1.29 is 0 Å². The van der Waals surface area contributed by atoms with Gasteiger partial charge in [0.15, 0.2) is 0 Å². The Balaban J connectivity index is 1.69. The van der Waals surface area contributed by atoms with E-state index in [0.29, 0.717) is 0 Å². The predicted octanol–water partition coefficient (Wildman–Crippen LogP) is 4.10. The van der Waals surface area contributed by atoms with Gasteiger partial charge in [0.2, 0.25) is 0 Å². The normalized spacial score (nSPS) is 11.5. The van der Waals surface area contributed by atoms with Crippen LogP contribution in [0.15, 0.2) is 24.3 Å². The second-order valence-electron chi connectivity index (χ2n) is 5.51. The Bertz CT molecular complexity index is 891. The molecule has 0 aliphatic rings. The molecular formula is C16H14N4S2. The average molecular weight is 326 g/mol. The van der Waals surface area contributed by atoms with Crippen molar-refractivity contribution in [1.82, 2.24) is 17.5 Å². The number of aromatic nitrogens is 4. The van der Waals surface area contributed by atoms with Crippen LogP contribution in [-0.2, 0) is 12.8 Å². The Morgan fingerprint density at radius 2 is 1.05 bits per heavy atom. The lowest BCUT2D eigenvalue weighted by Gasteiger charge is -2.05. The van der Waals surface area contributed by atoms with Crippen LogP contribution in [-0.4, -0.2) is 17.5 Å². The highest BCUT2D eigenvalue weighted by molar-refractivity contribution is 7.00. The van der Waals surface area contributed by atoms with E-state index in [0.717, 1.165) is 34.9 Å². The molecule has 110 valence electrons. The van der Waals surface area contributed by atoms with Crippen molar-refractivity contribution in [2.45, 2.75) is 26.7 Å². The van der Waals surface area contributed by atoms with Crippen molar-refractivity contribution in [2.75, 3.05) is 0 Å². The molecule has 0 spiro atoms. The molecule has 4 aromatic rings. The Hall–Kier alpha value is -1.92. The molecule has 22 heavy (non-hydrogen) atoms. The molecular weight excluding hydrogens is 312 g/mol. The van der Waals surface area contributed by atoms with Gasteiger partial charge in [0.1, 0.15) is 22.1 Å². The third-order valence-corrected chi connectivity index (χ3v) is 5.12. The number of aryl methyl sites for hydroxylation is 4. The highest BCUT2D eigenvalue weighted by Gasteiger charge is 2.11. The molecule has 2 aromatic heterocycles. The zero-order valence-corrected chi connectivity index (χ0v) is 14.0. The fourth-order valence-corrected chi connectivity index (χ4v) is 4.03. The SMILES string of the molecule is Cc1ccc(CCc2ccc(C)c3nsnc23)c2nsnc12. The lowest BCUT2D eigenvalue weighted by Crippen LogP contribution is -1.95. The third-order valence-electron chi connectivity index (χ3n) is 4.07. The van der Waals surface area contributed by atoms with E-state index in [2.05, 4.69) is 55.6 Å². The zero-order valence-electron chi connectivity index (χ0n) is 12.3. The highest BCUT2D eigenvalue weighted by Crippen LogP contribution is 2.25. The van der Waals surface area contributed by atoms with Crippen LogP contribution in [0.1, 0.15) is 22.3 Å². The summed E-state index contributed by atoms with van der Waals surface area (Å²) in [6.07, 6.45) is 1.88. The molecule has 0 unspecified atom stereocenters. The topological polar surface area (TPSA) is 51.6 Å². The van der Waals surface area contributed by atoms with Crippen LogP contribution in [0.5, 0.6) is 0 Å². The quantitative estimate of drug-likeness (QED) is 0.569. The molecule has 0 amide bonds. The maximum atomic E-state index is 4.46. The van der Waals surface area contributed by atoms with Crippen LogP contribution < -0.4 is 0 Å². The van der Waals surface area contributed by atoms with Gasteiger partial charge in [0.25, 0.3) is 0 Å². The Morgan fingerprint density at radius 1 is 0.636 bits per heavy atom. The summed E-state index contributed by atoms with van der Waals surface area (Å²) in [7, 11) is 0. The summed E-state index contributed by atoms with van der Waals surface area (Å²) >= 11 is 2.58. The molecule has 4 nitrogen and oxygen atoms in total. The lowest BCUT2D eigenvalue weighted by atomic mass is 10.00. The first kappa shape index (κ1) is 13.7. The number of hydrogen-bond acceptors (Lipinski definition) is 6. The van der Waals surface area contributed by atoms with Gasteiger partial charge in [-0.25, -0.2) is 0 Å². The summed E-state index contributed by atoms with van der Waals surface area (Å²) in [4.78, 5) is 0. The first-order valence-corrected chi connectivity index (χ1v) is 8.61. The molecule has 0 saturated carbocycles. The van der Waals surface area contributed by atoms with Gasteiger partial charge in [-0.15, -0.1) is 0 Å².